The van der Waals surface area contributed by atoms with E-state index in [1.54, 1.807) is 36.5 Å². The van der Waals surface area contributed by atoms with E-state index in [4.69, 9.17) is 0 Å². The summed E-state index contributed by atoms with van der Waals surface area (Å²) in [5.41, 5.74) is 1.14. The highest BCUT2D eigenvalue weighted by Crippen LogP contribution is 2.20. The number of hydrogen-bond acceptors (Lipinski definition) is 3. The van der Waals surface area contributed by atoms with Gasteiger partial charge in [0.1, 0.15) is 0 Å². The second kappa shape index (κ2) is 6.34. The molecule has 2 aromatic rings. The number of carboxylic acid groups (broad SMARTS) is 1. The van der Waals surface area contributed by atoms with Crippen molar-refractivity contribution in [2.24, 2.45) is 0 Å². The Hall–Kier alpha value is -2.14. The summed E-state index contributed by atoms with van der Waals surface area (Å²) in [7, 11) is 0. The topological polar surface area (TPSA) is 66.4 Å². The number of thiophene rings is 1. The zero-order valence-corrected chi connectivity index (χ0v) is 11.9. The summed E-state index contributed by atoms with van der Waals surface area (Å²) in [4.78, 5) is 24.3. The molecule has 0 fully saturated rings. The molecule has 2 rings (SSSR count). The molecule has 2 N–H and O–H groups in total. The summed E-state index contributed by atoms with van der Waals surface area (Å²) in [5.74, 6) is -1.21. The Morgan fingerprint density at radius 2 is 2.05 bits per heavy atom. The molecule has 0 bridgehead atoms. The molecular formula is C15H15NO3S. The van der Waals surface area contributed by atoms with Crippen molar-refractivity contribution >= 4 is 28.9 Å². The number of amides is 1. The highest BCUT2D eigenvalue weighted by molar-refractivity contribution is 7.09. The molecule has 1 heterocycles. The molecular weight excluding hydrogens is 274 g/mol. The lowest BCUT2D eigenvalue weighted by Gasteiger charge is -2.10. The first-order valence-corrected chi connectivity index (χ1v) is 7.11. The Bertz CT molecular complexity index is 620. The lowest BCUT2D eigenvalue weighted by Crippen LogP contribution is -2.15. The zero-order chi connectivity index (χ0) is 14.5. The van der Waals surface area contributed by atoms with Gasteiger partial charge >= 0.3 is 5.97 Å². The summed E-state index contributed by atoms with van der Waals surface area (Å²) >= 11 is 1.61. The number of nitrogens with one attached hydrogen (secondary N) is 1. The van der Waals surface area contributed by atoms with E-state index in [-0.39, 0.29) is 11.5 Å². The van der Waals surface area contributed by atoms with Crippen molar-refractivity contribution < 1.29 is 14.7 Å². The maximum atomic E-state index is 11.9. The van der Waals surface area contributed by atoms with Gasteiger partial charge in [-0.1, -0.05) is 18.2 Å². The van der Waals surface area contributed by atoms with Gasteiger partial charge in [-0.2, -0.15) is 0 Å². The molecule has 1 amide bonds. The minimum absolute atomic E-state index is 0.150. The van der Waals surface area contributed by atoms with E-state index < -0.39 is 5.97 Å². The Morgan fingerprint density at radius 3 is 2.70 bits per heavy atom. The lowest BCUT2D eigenvalue weighted by atomic mass is 10.1. The summed E-state index contributed by atoms with van der Waals surface area (Å²) in [6, 6.07) is 8.98. The average Bonchev–Trinajstić information content (AvgIpc) is 2.89. The minimum Gasteiger partial charge on any atom is -0.478 e. The van der Waals surface area contributed by atoms with Gasteiger partial charge in [0.15, 0.2) is 0 Å². The SMILES string of the molecule is Cc1cccc(NC(=O)CCc2cccs2)c1C(=O)O. The normalized spacial score (nSPS) is 10.2. The van der Waals surface area contributed by atoms with Crippen LogP contribution in [0.5, 0.6) is 0 Å². The fraction of sp³-hybridized carbons (Fsp3) is 0.200. The highest BCUT2D eigenvalue weighted by atomic mass is 32.1. The van der Waals surface area contributed by atoms with Crippen molar-refractivity contribution in [3.63, 3.8) is 0 Å². The van der Waals surface area contributed by atoms with Gasteiger partial charge in [0.2, 0.25) is 5.91 Å². The van der Waals surface area contributed by atoms with E-state index in [9.17, 15) is 14.7 Å². The van der Waals surface area contributed by atoms with Crippen LogP contribution in [-0.4, -0.2) is 17.0 Å². The number of benzene rings is 1. The Kier molecular flexibility index (Phi) is 4.53. The summed E-state index contributed by atoms with van der Waals surface area (Å²) in [5, 5.41) is 13.8. The van der Waals surface area contributed by atoms with Crippen LogP contribution in [0.15, 0.2) is 35.7 Å². The highest BCUT2D eigenvalue weighted by Gasteiger charge is 2.14. The van der Waals surface area contributed by atoms with E-state index in [1.165, 1.54) is 0 Å². The predicted octanol–water partition coefficient (Wildman–Crippen LogP) is 3.33. The molecule has 1 aromatic carbocycles. The van der Waals surface area contributed by atoms with E-state index in [0.717, 1.165) is 4.88 Å². The number of aryl methyl sites for hydroxylation is 2. The first-order chi connectivity index (χ1) is 9.58. The average molecular weight is 289 g/mol. The summed E-state index contributed by atoms with van der Waals surface area (Å²) in [6.45, 7) is 1.71. The minimum atomic E-state index is -1.03. The van der Waals surface area contributed by atoms with Gasteiger partial charge in [0.05, 0.1) is 11.3 Å². The van der Waals surface area contributed by atoms with Gasteiger partial charge < -0.3 is 10.4 Å². The number of carbonyl (C=O) groups excluding carboxylic acids is 1. The van der Waals surface area contributed by atoms with Crippen LogP contribution in [0.3, 0.4) is 0 Å². The maximum Gasteiger partial charge on any atom is 0.338 e. The molecule has 0 radical (unpaired) electrons. The molecule has 0 unspecified atom stereocenters. The summed E-state index contributed by atoms with van der Waals surface area (Å²) in [6.07, 6.45) is 1.01. The number of carboxylic acids is 1. The van der Waals surface area contributed by atoms with E-state index in [2.05, 4.69) is 5.32 Å². The molecule has 104 valence electrons. The molecule has 0 saturated carbocycles. The first kappa shape index (κ1) is 14.3. The fourth-order valence-corrected chi connectivity index (χ4v) is 2.67. The fourth-order valence-electron chi connectivity index (χ4n) is 1.96. The third-order valence-corrected chi connectivity index (χ3v) is 3.88. The largest absolute Gasteiger partial charge is 0.478 e. The molecule has 1 aromatic heterocycles. The van der Waals surface area contributed by atoms with E-state index in [0.29, 0.717) is 24.1 Å². The number of hydrogen-bond donors (Lipinski definition) is 2. The molecule has 0 aliphatic carbocycles. The van der Waals surface area contributed by atoms with Crippen LogP contribution in [-0.2, 0) is 11.2 Å². The molecule has 5 heteroatoms. The summed E-state index contributed by atoms with van der Waals surface area (Å²) < 4.78 is 0. The maximum absolute atomic E-state index is 11.9. The Balaban J connectivity index is 2.04. The van der Waals surface area contributed by atoms with E-state index >= 15 is 0 Å². The molecule has 0 aliphatic heterocycles. The van der Waals surface area contributed by atoms with Crippen molar-refractivity contribution in [3.05, 3.63) is 51.7 Å². The van der Waals surface area contributed by atoms with Crippen LogP contribution in [0, 0.1) is 6.92 Å². The van der Waals surface area contributed by atoms with Crippen LogP contribution in [0.2, 0.25) is 0 Å². The smallest absolute Gasteiger partial charge is 0.338 e. The van der Waals surface area contributed by atoms with Crippen molar-refractivity contribution in [1.29, 1.82) is 0 Å². The van der Waals surface area contributed by atoms with Crippen LogP contribution in [0.25, 0.3) is 0 Å². The molecule has 0 atom stereocenters. The van der Waals surface area contributed by atoms with Gasteiger partial charge in [-0.05, 0) is 36.4 Å². The van der Waals surface area contributed by atoms with Crippen LogP contribution in [0.4, 0.5) is 5.69 Å². The Morgan fingerprint density at radius 1 is 1.25 bits per heavy atom. The van der Waals surface area contributed by atoms with Crippen LogP contribution in [0.1, 0.15) is 27.2 Å². The number of aromatic carboxylic acids is 1. The monoisotopic (exact) mass is 289 g/mol. The van der Waals surface area contributed by atoms with Gasteiger partial charge in [0.25, 0.3) is 0 Å². The molecule has 0 saturated heterocycles. The number of carbonyl (C=O) groups is 2. The van der Waals surface area contributed by atoms with Gasteiger partial charge in [0, 0.05) is 11.3 Å². The molecule has 0 aliphatic rings. The van der Waals surface area contributed by atoms with Gasteiger partial charge in [-0.25, -0.2) is 4.79 Å². The standard InChI is InChI=1S/C15H15NO3S/c1-10-4-2-6-12(14(10)15(18)19)16-13(17)8-7-11-5-3-9-20-11/h2-6,9H,7-8H2,1H3,(H,16,17)(H,18,19). The second-order valence-electron chi connectivity index (χ2n) is 4.43. The van der Waals surface area contributed by atoms with Gasteiger partial charge in [-0.3, -0.25) is 4.79 Å². The molecule has 4 nitrogen and oxygen atoms in total. The third-order valence-electron chi connectivity index (χ3n) is 2.94. The van der Waals surface area contributed by atoms with Crippen LogP contribution < -0.4 is 5.32 Å². The Labute approximate surface area is 121 Å². The number of rotatable bonds is 5. The predicted molar refractivity (Wildman–Crippen MR) is 79.4 cm³/mol. The van der Waals surface area contributed by atoms with Crippen LogP contribution >= 0.6 is 11.3 Å². The van der Waals surface area contributed by atoms with Crippen molar-refractivity contribution in [2.45, 2.75) is 19.8 Å². The molecule has 20 heavy (non-hydrogen) atoms. The van der Waals surface area contributed by atoms with Gasteiger partial charge in [-0.15, -0.1) is 11.3 Å². The third kappa shape index (κ3) is 3.45. The second-order valence-corrected chi connectivity index (χ2v) is 5.46. The lowest BCUT2D eigenvalue weighted by molar-refractivity contribution is -0.116. The van der Waals surface area contributed by atoms with Crippen molar-refractivity contribution in [3.8, 4) is 0 Å². The quantitative estimate of drug-likeness (QED) is 0.887. The zero-order valence-electron chi connectivity index (χ0n) is 11.1. The van der Waals surface area contributed by atoms with Crippen molar-refractivity contribution in [2.75, 3.05) is 5.32 Å². The van der Waals surface area contributed by atoms with Crippen molar-refractivity contribution in [1.82, 2.24) is 0 Å². The first-order valence-electron chi connectivity index (χ1n) is 6.23. The van der Waals surface area contributed by atoms with E-state index in [1.807, 2.05) is 17.5 Å². The molecule has 0 spiro atoms. The number of anilines is 1.